The Balaban J connectivity index is 1.64. The smallest absolute Gasteiger partial charge is 0.253 e. The van der Waals surface area contributed by atoms with Gasteiger partial charge in [-0.15, -0.1) is 0 Å². The van der Waals surface area contributed by atoms with Gasteiger partial charge in [0.25, 0.3) is 5.91 Å². The zero-order valence-corrected chi connectivity index (χ0v) is 14.0. The molecular weight excluding hydrogens is 304 g/mol. The van der Waals surface area contributed by atoms with Crippen molar-refractivity contribution in [2.45, 2.75) is 26.3 Å². The van der Waals surface area contributed by atoms with Gasteiger partial charge in [0.05, 0.1) is 6.54 Å². The summed E-state index contributed by atoms with van der Waals surface area (Å²) < 4.78 is 5.54. The summed E-state index contributed by atoms with van der Waals surface area (Å²) in [6, 6.07) is 11.4. The van der Waals surface area contributed by atoms with Crippen molar-refractivity contribution in [3.8, 4) is 0 Å². The molecule has 2 aromatic rings. The number of nitrogens with one attached hydrogen (secondary N) is 1. The maximum Gasteiger partial charge on any atom is 0.253 e. The van der Waals surface area contributed by atoms with Crippen LogP contribution in [0.2, 0.25) is 0 Å². The number of hydrogen-bond donors (Lipinski definition) is 2. The molecule has 1 atom stereocenters. The van der Waals surface area contributed by atoms with E-state index >= 15 is 0 Å². The molecule has 128 valence electrons. The number of piperidine rings is 1. The van der Waals surface area contributed by atoms with Crippen molar-refractivity contribution in [2.75, 3.05) is 25.0 Å². The first-order chi connectivity index (χ1) is 11.7. The van der Waals surface area contributed by atoms with Crippen LogP contribution in [0.15, 0.2) is 40.8 Å². The number of likely N-dealkylation sites (tertiary alicyclic amines) is 1. The van der Waals surface area contributed by atoms with Gasteiger partial charge in [0, 0.05) is 30.9 Å². The van der Waals surface area contributed by atoms with Crippen LogP contribution in [0.1, 0.15) is 34.7 Å². The summed E-state index contributed by atoms with van der Waals surface area (Å²) in [4.78, 5) is 14.5. The van der Waals surface area contributed by atoms with E-state index in [1.54, 1.807) is 0 Å². The summed E-state index contributed by atoms with van der Waals surface area (Å²) in [5.41, 5.74) is 1.57. The molecule has 1 aromatic carbocycles. The molecule has 2 heterocycles. The molecule has 1 aliphatic rings. The molecule has 1 aliphatic heterocycles. The first kappa shape index (κ1) is 16.6. The lowest BCUT2D eigenvalue weighted by atomic mass is 9.98. The Morgan fingerprint density at radius 1 is 1.38 bits per heavy atom. The highest BCUT2D eigenvalue weighted by Crippen LogP contribution is 2.20. The zero-order valence-electron chi connectivity index (χ0n) is 14.0. The fraction of sp³-hybridized carbons (Fsp3) is 0.421. The van der Waals surface area contributed by atoms with E-state index in [2.05, 4.69) is 5.32 Å². The normalized spacial score (nSPS) is 17.8. The van der Waals surface area contributed by atoms with Crippen molar-refractivity contribution in [2.24, 2.45) is 5.92 Å². The minimum Gasteiger partial charge on any atom is -0.465 e. The van der Waals surface area contributed by atoms with Gasteiger partial charge >= 0.3 is 0 Å². The quantitative estimate of drug-likeness (QED) is 0.885. The van der Waals surface area contributed by atoms with Crippen molar-refractivity contribution < 1.29 is 14.3 Å². The summed E-state index contributed by atoms with van der Waals surface area (Å²) >= 11 is 0. The lowest BCUT2D eigenvalue weighted by Crippen LogP contribution is -2.40. The first-order valence-corrected chi connectivity index (χ1v) is 8.45. The van der Waals surface area contributed by atoms with Gasteiger partial charge in [-0.25, -0.2) is 0 Å². The second-order valence-electron chi connectivity index (χ2n) is 6.39. The van der Waals surface area contributed by atoms with Gasteiger partial charge in [-0.3, -0.25) is 4.79 Å². The molecule has 0 bridgehead atoms. The van der Waals surface area contributed by atoms with E-state index in [1.807, 2.05) is 48.2 Å². The summed E-state index contributed by atoms with van der Waals surface area (Å²) in [6.45, 7) is 4.05. The largest absolute Gasteiger partial charge is 0.465 e. The molecule has 1 unspecified atom stereocenters. The minimum absolute atomic E-state index is 0.0330. The van der Waals surface area contributed by atoms with E-state index in [9.17, 15) is 9.90 Å². The second kappa shape index (κ2) is 7.53. The fourth-order valence-corrected chi connectivity index (χ4v) is 3.11. The third-order valence-corrected chi connectivity index (χ3v) is 4.44. The average Bonchev–Trinajstić information content (AvgIpc) is 3.05. The Morgan fingerprint density at radius 2 is 2.25 bits per heavy atom. The van der Waals surface area contributed by atoms with Gasteiger partial charge in [-0.1, -0.05) is 6.07 Å². The van der Waals surface area contributed by atoms with Crippen LogP contribution in [-0.4, -0.2) is 35.6 Å². The molecule has 3 rings (SSSR count). The van der Waals surface area contributed by atoms with Crippen molar-refractivity contribution in [3.63, 3.8) is 0 Å². The van der Waals surface area contributed by atoms with Crippen LogP contribution in [0.5, 0.6) is 0 Å². The number of aryl methyl sites for hydroxylation is 1. The third kappa shape index (κ3) is 3.97. The summed E-state index contributed by atoms with van der Waals surface area (Å²) in [6.07, 6.45) is 1.94. The van der Waals surface area contributed by atoms with Crippen LogP contribution < -0.4 is 5.32 Å². The van der Waals surface area contributed by atoms with E-state index < -0.39 is 0 Å². The van der Waals surface area contributed by atoms with E-state index in [-0.39, 0.29) is 18.4 Å². The Morgan fingerprint density at radius 3 is 3.00 bits per heavy atom. The second-order valence-corrected chi connectivity index (χ2v) is 6.39. The van der Waals surface area contributed by atoms with Crippen LogP contribution in [0.4, 0.5) is 5.69 Å². The third-order valence-electron chi connectivity index (χ3n) is 4.44. The molecule has 1 amide bonds. The molecule has 2 N–H and O–H groups in total. The zero-order chi connectivity index (χ0) is 16.9. The number of hydrogen-bond acceptors (Lipinski definition) is 4. The molecule has 5 heteroatoms. The predicted molar refractivity (Wildman–Crippen MR) is 92.9 cm³/mol. The van der Waals surface area contributed by atoms with Crippen LogP contribution in [0, 0.1) is 12.8 Å². The summed E-state index contributed by atoms with van der Waals surface area (Å²) in [5, 5.41) is 12.6. The number of anilines is 1. The lowest BCUT2D eigenvalue weighted by Gasteiger charge is -2.32. The fourth-order valence-electron chi connectivity index (χ4n) is 3.11. The number of amides is 1. The molecule has 1 saturated heterocycles. The molecule has 1 fully saturated rings. The monoisotopic (exact) mass is 328 g/mol. The highest BCUT2D eigenvalue weighted by molar-refractivity contribution is 5.95. The number of benzene rings is 1. The van der Waals surface area contributed by atoms with Gasteiger partial charge in [-0.05, 0) is 56.0 Å². The highest BCUT2D eigenvalue weighted by atomic mass is 16.3. The number of nitrogens with zero attached hydrogens (tertiary/aromatic N) is 1. The van der Waals surface area contributed by atoms with Crippen LogP contribution in [0.25, 0.3) is 0 Å². The maximum atomic E-state index is 12.7. The average molecular weight is 328 g/mol. The molecular formula is C19H24N2O3. The predicted octanol–water partition coefficient (Wildman–Crippen LogP) is 3.04. The highest BCUT2D eigenvalue weighted by Gasteiger charge is 2.24. The Bertz CT molecular complexity index is 695. The molecule has 1 aromatic heterocycles. The number of furan rings is 1. The number of carbonyl (C=O) groups is 1. The van der Waals surface area contributed by atoms with Crippen LogP contribution in [-0.2, 0) is 6.54 Å². The molecule has 0 saturated carbocycles. The summed E-state index contributed by atoms with van der Waals surface area (Å²) in [5.74, 6) is 1.99. The van der Waals surface area contributed by atoms with Gasteiger partial charge in [0.15, 0.2) is 0 Å². The van der Waals surface area contributed by atoms with E-state index in [4.69, 9.17) is 4.42 Å². The molecule has 5 nitrogen and oxygen atoms in total. The van der Waals surface area contributed by atoms with Gasteiger partial charge in [0.1, 0.15) is 11.5 Å². The van der Waals surface area contributed by atoms with Gasteiger partial charge < -0.3 is 19.7 Å². The van der Waals surface area contributed by atoms with Crippen molar-refractivity contribution in [1.82, 2.24) is 4.90 Å². The van der Waals surface area contributed by atoms with Gasteiger partial charge in [-0.2, -0.15) is 0 Å². The molecule has 0 spiro atoms. The first-order valence-electron chi connectivity index (χ1n) is 8.45. The minimum atomic E-state index is 0.0330. The standard InChI is InChI=1S/C19H24N2O3/c1-14-7-8-18(24-14)11-20-17-6-2-5-16(10-17)19(23)21-9-3-4-15(12-21)13-22/h2,5-8,10,15,20,22H,3-4,9,11-13H2,1H3. The number of rotatable bonds is 5. The maximum absolute atomic E-state index is 12.7. The number of carbonyl (C=O) groups excluding carboxylic acids is 1. The van der Waals surface area contributed by atoms with Crippen LogP contribution in [0.3, 0.4) is 0 Å². The Hall–Kier alpha value is -2.27. The van der Waals surface area contributed by atoms with Crippen LogP contribution >= 0.6 is 0 Å². The summed E-state index contributed by atoms with van der Waals surface area (Å²) in [7, 11) is 0. The van der Waals surface area contributed by atoms with Crippen molar-refractivity contribution >= 4 is 11.6 Å². The van der Waals surface area contributed by atoms with E-state index in [1.165, 1.54) is 0 Å². The topological polar surface area (TPSA) is 65.7 Å². The molecule has 0 aliphatic carbocycles. The van der Waals surface area contributed by atoms with Crippen molar-refractivity contribution in [3.05, 3.63) is 53.5 Å². The lowest BCUT2D eigenvalue weighted by molar-refractivity contribution is 0.0621. The van der Waals surface area contributed by atoms with Gasteiger partial charge in [0.2, 0.25) is 0 Å². The number of aliphatic hydroxyl groups excluding tert-OH is 1. The number of aliphatic hydroxyl groups is 1. The van der Waals surface area contributed by atoms with E-state index in [0.29, 0.717) is 18.7 Å². The van der Waals surface area contributed by atoms with Crippen molar-refractivity contribution in [1.29, 1.82) is 0 Å². The van der Waals surface area contributed by atoms with E-state index in [0.717, 1.165) is 36.6 Å². The Kier molecular flexibility index (Phi) is 5.20. The Labute approximate surface area is 142 Å². The molecule has 24 heavy (non-hydrogen) atoms. The SMILES string of the molecule is Cc1ccc(CNc2cccc(C(=O)N3CCCC(CO)C3)c2)o1. The molecule has 0 radical (unpaired) electrons.